The number of hydrogen-bond donors (Lipinski definition) is 2. The van der Waals surface area contributed by atoms with Gasteiger partial charge in [0.2, 0.25) is 5.91 Å². The van der Waals surface area contributed by atoms with Crippen molar-refractivity contribution in [1.29, 1.82) is 0 Å². The van der Waals surface area contributed by atoms with Crippen LogP contribution >= 0.6 is 0 Å². The van der Waals surface area contributed by atoms with Gasteiger partial charge in [0.05, 0.1) is 23.7 Å². The minimum Gasteiger partial charge on any atom is -0.353 e. The summed E-state index contributed by atoms with van der Waals surface area (Å²) in [6.45, 7) is 10.8. The number of benzene rings is 1. The Kier molecular flexibility index (Phi) is 13.3. The largest absolute Gasteiger partial charge is 0.417 e. The lowest BCUT2D eigenvalue weighted by Gasteiger charge is -2.38. The summed E-state index contributed by atoms with van der Waals surface area (Å²) >= 11 is 0. The van der Waals surface area contributed by atoms with Crippen LogP contribution in [-0.4, -0.2) is 75.0 Å². The van der Waals surface area contributed by atoms with E-state index in [4.69, 9.17) is 15.2 Å². The first kappa shape index (κ1) is 34.0. The maximum Gasteiger partial charge on any atom is 0.417 e. The fourth-order valence-electron chi connectivity index (χ4n) is 5.34. The number of likely N-dealkylation sites (N-methyl/N-ethyl adjacent to an activating group) is 1. The molecule has 1 aromatic rings. The highest BCUT2D eigenvalue weighted by Gasteiger charge is 2.42. The molecule has 2 aliphatic heterocycles. The van der Waals surface area contributed by atoms with E-state index < -0.39 is 35.4 Å². The summed E-state index contributed by atoms with van der Waals surface area (Å²) in [5.41, 5.74) is 4.97. The van der Waals surface area contributed by atoms with Crippen molar-refractivity contribution in [2.75, 3.05) is 44.8 Å². The third kappa shape index (κ3) is 8.18. The Morgan fingerprint density at radius 2 is 1.98 bits per heavy atom. The number of ether oxygens (including phenoxy) is 2. The van der Waals surface area contributed by atoms with Crippen LogP contribution in [0.15, 0.2) is 12.1 Å². The number of hydrogen-bond acceptors (Lipinski definition) is 6. The zero-order valence-electron chi connectivity index (χ0n) is 24.8. The Hall–Kier alpha value is -2.21. The molecule has 3 N–H and O–H groups in total. The maximum atomic E-state index is 14.4. The molecule has 0 saturated carbocycles. The molecule has 0 aromatic heterocycles. The molecule has 11 heteroatoms. The molecule has 2 aliphatic rings. The van der Waals surface area contributed by atoms with Crippen LogP contribution in [0.5, 0.6) is 0 Å². The molecular formula is C29H47F3N4O4. The van der Waals surface area contributed by atoms with Crippen LogP contribution in [0.3, 0.4) is 0 Å². The molecule has 8 nitrogen and oxygen atoms in total. The Bertz CT molecular complexity index is 967. The molecular weight excluding hydrogens is 525 g/mol. The van der Waals surface area contributed by atoms with E-state index in [1.807, 2.05) is 20.8 Å². The smallest absolute Gasteiger partial charge is 0.353 e. The van der Waals surface area contributed by atoms with Crippen molar-refractivity contribution in [3.05, 3.63) is 28.8 Å². The first-order chi connectivity index (χ1) is 19.0. The molecule has 3 atom stereocenters. The van der Waals surface area contributed by atoms with E-state index in [9.17, 15) is 22.8 Å². The van der Waals surface area contributed by atoms with Crippen molar-refractivity contribution >= 4 is 17.5 Å². The average molecular weight is 573 g/mol. The second-order valence-corrected chi connectivity index (χ2v) is 10.3. The van der Waals surface area contributed by atoms with Gasteiger partial charge in [-0.15, -0.1) is 0 Å². The van der Waals surface area contributed by atoms with Gasteiger partial charge in [0.25, 0.3) is 5.91 Å². The molecule has 0 radical (unpaired) electrons. The molecule has 228 valence electrons. The second kappa shape index (κ2) is 15.7. The SMILES string of the molecule is CC.CCC(CNC)N(C(=O)c1cc2c(cc1C(F)(F)F)CC(COC1CCCCO1)C(=O)N2CCN)C(C)C. The summed E-state index contributed by atoms with van der Waals surface area (Å²) in [5, 5.41) is 3.02. The van der Waals surface area contributed by atoms with E-state index in [1.54, 1.807) is 20.9 Å². The summed E-state index contributed by atoms with van der Waals surface area (Å²) in [5.74, 6) is -1.66. The molecule has 40 heavy (non-hydrogen) atoms. The van der Waals surface area contributed by atoms with Crippen LogP contribution in [0.25, 0.3) is 0 Å². The number of anilines is 1. The summed E-state index contributed by atoms with van der Waals surface area (Å²) < 4.78 is 54.5. The zero-order valence-corrected chi connectivity index (χ0v) is 24.8. The van der Waals surface area contributed by atoms with E-state index in [0.29, 0.717) is 37.2 Å². The van der Waals surface area contributed by atoms with Crippen LogP contribution in [0.1, 0.15) is 81.8 Å². The van der Waals surface area contributed by atoms with Gasteiger partial charge < -0.3 is 30.3 Å². The quantitative estimate of drug-likeness (QED) is 0.403. The van der Waals surface area contributed by atoms with E-state index in [0.717, 1.165) is 18.9 Å². The van der Waals surface area contributed by atoms with Gasteiger partial charge in [0.1, 0.15) is 0 Å². The van der Waals surface area contributed by atoms with Gasteiger partial charge >= 0.3 is 6.18 Å². The van der Waals surface area contributed by atoms with E-state index in [2.05, 4.69) is 5.32 Å². The maximum absolute atomic E-state index is 14.4. The van der Waals surface area contributed by atoms with Crippen molar-refractivity contribution in [3.8, 4) is 0 Å². The number of amides is 2. The summed E-state index contributed by atoms with van der Waals surface area (Å²) in [6, 6.07) is 1.63. The van der Waals surface area contributed by atoms with Gasteiger partial charge in [0, 0.05) is 44.0 Å². The van der Waals surface area contributed by atoms with Crippen molar-refractivity contribution in [2.24, 2.45) is 11.7 Å². The highest BCUT2D eigenvalue weighted by molar-refractivity contribution is 6.02. The minimum absolute atomic E-state index is 0.0371. The number of nitrogens with zero attached hydrogens (tertiary/aromatic N) is 2. The van der Waals surface area contributed by atoms with Crippen molar-refractivity contribution in [1.82, 2.24) is 10.2 Å². The van der Waals surface area contributed by atoms with Crippen LogP contribution < -0.4 is 16.0 Å². The predicted molar refractivity (Wildman–Crippen MR) is 150 cm³/mol. The first-order valence-electron chi connectivity index (χ1n) is 14.5. The topological polar surface area (TPSA) is 97.1 Å². The monoisotopic (exact) mass is 572 g/mol. The molecule has 1 saturated heterocycles. The fraction of sp³-hybridized carbons (Fsp3) is 0.724. The lowest BCUT2D eigenvalue weighted by atomic mass is 9.88. The van der Waals surface area contributed by atoms with Crippen molar-refractivity contribution in [3.63, 3.8) is 0 Å². The summed E-state index contributed by atoms with van der Waals surface area (Å²) in [6.07, 6.45) is -1.91. The lowest BCUT2D eigenvalue weighted by molar-refractivity contribution is -0.171. The molecule has 3 unspecified atom stereocenters. The number of carbonyl (C=O) groups is 2. The highest BCUT2D eigenvalue weighted by atomic mass is 19.4. The first-order valence-corrected chi connectivity index (χ1v) is 14.5. The molecule has 1 fully saturated rings. The van der Waals surface area contributed by atoms with Crippen LogP contribution in [0, 0.1) is 5.92 Å². The highest BCUT2D eigenvalue weighted by Crippen LogP contribution is 2.40. The molecule has 0 aliphatic carbocycles. The van der Waals surface area contributed by atoms with Gasteiger partial charge in [-0.05, 0) is 70.7 Å². The molecule has 0 bridgehead atoms. The number of fused-ring (bicyclic) bond motifs is 1. The Morgan fingerprint density at radius 1 is 1.27 bits per heavy atom. The molecule has 1 aromatic carbocycles. The lowest BCUT2D eigenvalue weighted by Crippen LogP contribution is -2.49. The standard InChI is InChI=1S/C27H41F3N4O4.C2H6/c1-5-20(15-32-4)34(17(2)3)26(36)21-14-23-18(13-22(21)27(28,29)30)12-19(25(35)33(23)10-9-31)16-38-24-8-6-7-11-37-24;1-2/h13-14,17,19-20,24,32H,5-12,15-16,31H2,1-4H3;1-2H3. The Morgan fingerprint density at radius 3 is 2.50 bits per heavy atom. The van der Waals surface area contributed by atoms with Crippen LogP contribution in [0.2, 0.25) is 0 Å². The minimum atomic E-state index is -4.75. The number of nitrogens with one attached hydrogen (secondary N) is 1. The summed E-state index contributed by atoms with van der Waals surface area (Å²) in [7, 11) is 1.74. The average Bonchev–Trinajstić information content (AvgIpc) is 2.93. The number of rotatable bonds is 11. The van der Waals surface area contributed by atoms with Gasteiger partial charge in [-0.3, -0.25) is 9.59 Å². The number of alkyl halides is 3. The van der Waals surface area contributed by atoms with E-state index in [-0.39, 0.29) is 44.1 Å². The zero-order chi connectivity index (χ0) is 30.0. The normalized spacial score (nSPS) is 20.1. The van der Waals surface area contributed by atoms with Crippen LogP contribution in [-0.2, 0) is 26.9 Å². The molecule has 3 rings (SSSR count). The number of halogens is 3. The Labute approximate surface area is 236 Å². The van der Waals surface area contributed by atoms with Crippen molar-refractivity contribution < 1.29 is 32.2 Å². The molecule has 2 heterocycles. The Balaban J connectivity index is 0.00000274. The number of nitrogens with two attached hydrogens (primary N) is 1. The van der Waals surface area contributed by atoms with Crippen molar-refractivity contribution in [2.45, 2.75) is 91.3 Å². The van der Waals surface area contributed by atoms with E-state index >= 15 is 0 Å². The summed E-state index contributed by atoms with van der Waals surface area (Å²) in [4.78, 5) is 30.0. The third-order valence-electron chi connectivity index (χ3n) is 7.20. The van der Waals surface area contributed by atoms with Crippen LogP contribution in [0.4, 0.5) is 18.9 Å². The number of carbonyl (C=O) groups excluding carboxylic acids is 2. The third-order valence-corrected chi connectivity index (χ3v) is 7.20. The van der Waals surface area contributed by atoms with Gasteiger partial charge in [-0.1, -0.05) is 20.8 Å². The predicted octanol–water partition coefficient (Wildman–Crippen LogP) is 4.59. The molecule has 0 spiro atoms. The molecule has 2 amide bonds. The second-order valence-electron chi connectivity index (χ2n) is 10.3. The van der Waals surface area contributed by atoms with Gasteiger partial charge in [0.15, 0.2) is 6.29 Å². The van der Waals surface area contributed by atoms with Gasteiger partial charge in [-0.2, -0.15) is 13.2 Å². The van der Waals surface area contributed by atoms with E-state index in [1.165, 1.54) is 15.9 Å². The van der Waals surface area contributed by atoms with Gasteiger partial charge in [-0.25, -0.2) is 0 Å². The fourth-order valence-corrected chi connectivity index (χ4v) is 5.34.